The van der Waals surface area contributed by atoms with Crippen LogP contribution in [0.15, 0.2) is 18.2 Å². The highest BCUT2D eigenvalue weighted by atomic mass is 16.3. The van der Waals surface area contributed by atoms with Crippen LogP contribution in [0.3, 0.4) is 0 Å². The molecule has 4 heteroatoms. The van der Waals surface area contributed by atoms with E-state index in [2.05, 4.69) is 5.32 Å². The van der Waals surface area contributed by atoms with E-state index >= 15 is 0 Å². The van der Waals surface area contributed by atoms with Crippen molar-refractivity contribution in [3.8, 4) is 5.75 Å². The standard InChI is InChI=1S/C16H24N2O2/c1-12-11-14(19)6-7-15(12)16(20)18-10-4-3-5-13(18)8-9-17-2/h6-7,11,13,17,19H,3-5,8-10H2,1-2H3. The lowest BCUT2D eigenvalue weighted by atomic mass is 9.97. The van der Waals surface area contributed by atoms with Crippen molar-refractivity contribution in [1.82, 2.24) is 10.2 Å². The number of aromatic hydroxyl groups is 1. The fourth-order valence-electron chi connectivity index (χ4n) is 2.92. The second-order valence-corrected chi connectivity index (χ2v) is 5.54. The zero-order valence-corrected chi connectivity index (χ0v) is 12.4. The first-order chi connectivity index (χ1) is 9.63. The van der Waals surface area contributed by atoms with Gasteiger partial charge >= 0.3 is 0 Å². The summed E-state index contributed by atoms with van der Waals surface area (Å²) in [5, 5.41) is 12.6. The maximum absolute atomic E-state index is 12.7. The van der Waals surface area contributed by atoms with Gasteiger partial charge in [-0.2, -0.15) is 0 Å². The van der Waals surface area contributed by atoms with E-state index in [1.807, 2.05) is 18.9 Å². The van der Waals surface area contributed by atoms with Crippen molar-refractivity contribution in [3.05, 3.63) is 29.3 Å². The van der Waals surface area contributed by atoms with Crippen molar-refractivity contribution in [3.63, 3.8) is 0 Å². The number of phenols is 1. The van der Waals surface area contributed by atoms with E-state index in [1.165, 1.54) is 6.42 Å². The molecule has 1 heterocycles. The summed E-state index contributed by atoms with van der Waals surface area (Å²) in [7, 11) is 1.94. The molecule has 0 aromatic heterocycles. The highest BCUT2D eigenvalue weighted by molar-refractivity contribution is 5.96. The molecule has 1 saturated heterocycles. The molecule has 0 saturated carbocycles. The zero-order chi connectivity index (χ0) is 14.5. The number of carbonyl (C=O) groups excluding carboxylic acids is 1. The molecule has 0 radical (unpaired) electrons. The van der Waals surface area contributed by atoms with Crippen molar-refractivity contribution in [2.75, 3.05) is 20.1 Å². The molecular weight excluding hydrogens is 252 g/mol. The van der Waals surface area contributed by atoms with E-state index in [-0.39, 0.29) is 11.7 Å². The smallest absolute Gasteiger partial charge is 0.254 e. The van der Waals surface area contributed by atoms with Crippen LogP contribution in [-0.4, -0.2) is 42.1 Å². The Balaban J connectivity index is 2.16. The van der Waals surface area contributed by atoms with E-state index in [0.29, 0.717) is 11.6 Å². The number of benzene rings is 1. The lowest BCUT2D eigenvalue weighted by Crippen LogP contribution is -2.45. The Kier molecular flexibility index (Phi) is 5.01. The summed E-state index contributed by atoms with van der Waals surface area (Å²) < 4.78 is 0. The van der Waals surface area contributed by atoms with E-state index in [1.54, 1.807) is 18.2 Å². The number of nitrogens with zero attached hydrogens (tertiary/aromatic N) is 1. The molecule has 0 spiro atoms. The van der Waals surface area contributed by atoms with Gasteiger partial charge in [-0.15, -0.1) is 0 Å². The number of hydrogen-bond acceptors (Lipinski definition) is 3. The first-order valence-electron chi connectivity index (χ1n) is 7.38. The van der Waals surface area contributed by atoms with Crippen molar-refractivity contribution in [2.45, 2.75) is 38.6 Å². The molecule has 1 aromatic carbocycles. The molecule has 0 bridgehead atoms. The lowest BCUT2D eigenvalue weighted by molar-refractivity contribution is 0.0602. The van der Waals surface area contributed by atoms with Crippen LogP contribution < -0.4 is 5.32 Å². The van der Waals surface area contributed by atoms with Gasteiger partial charge in [0.15, 0.2) is 0 Å². The molecule has 0 aliphatic carbocycles. The third-order valence-electron chi connectivity index (χ3n) is 4.06. The Hall–Kier alpha value is -1.55. The van der Waals surface area contributed by atoms with Crippen LogP contribution in [-0.2, 0) is 0 Å². The number of aryl methyl sites for hydroxylation is 1. The summed E-state index contributed by atoms with van der Waals surface area (Å²) >= 11 is 0. The second-order valence-electron chi connectivity index (χ2n) is 5.54. The first kappa shape index (κ1) is 14.9. The summed E-state index contributed by atoms with van der Waals surface area (Å²) in [6, 6.07) is 5.31. The number of piperidine rings is 1. The molecule has 2 rings (SSSR count). The van der Waals surface area contributed by atoms with Crippen LogP contribution in [0.1, 0.15) is 41.6 Å². The molecule has 2 N–H and O–H groups in total. The minimum Gasteiger partial charge on any atom is -0.508 e. The quantitative estimate of drug-likeness (QED) is 0.887. The minimum atomic E-state index is 0.100. The maximum Gasteiger partial charge on any atom is 0.254 e. The highest BCUT2D eigenvalue weighted by Gasteiger charge is 2.27. The van der Waals surface area contributed by atoms with Gasteiger partial charge in [0.25, 0.3) is 5.91 Å². The SMILES string of the molecule is CNCCC1CCCCN1C(=O)c1ccc(O)cc1C. The van der Waals surface area contributed by atoms with Gasteiger partial charge in [-0.05, 0) is 70.0 Å². The van der Waals surface area contributed by atoms with Gasteiger partial charge in [-0.3, -0.25) is 4.79 Å². The lowest BCUT2D eigenvalue weighted by Gasteiger charge is -2.36. The molecule has 1 aliphatic rings. The predicted molar refractivity (Wildman–Crippen MR) is 80.1 cm³/mol. The van der Waals surface area contributed by atoms with Gasteiger partial charge in [0, 0.05) is 18.2 Å². The van der Waals surface area contributed by atoms with Gasteiger partial charge in [0.1, 0.15) is 5.75 Å². The van der Waals surface area contributed by atoms with E-state index < -0.39 is 0 Å². The topological polar surface area (TPSA) is 52.6 Å². The van der Waals surface area contributed by atoms with Crippen LogP contribution >= 0.6 is 0 Å². The van der Waals surface area contributed by atoms with Gasteiger partial charge in [0.05, 0.1) is 0 Å². The van der Waals surface area contributed by atoms with Gasteiger partial charge in [-0.1, -0.05) is 0 Å². The fraction of sp³-hybridized carbons (Fsp3) is 0.562. The van der Waals surface area contributed by atoms with Crippen LogP contribution in [0.2, 0.25) is 0 Å². The van der Waals surface area contributed by atoms with E-state index in [9.17, 15) is 9.90 Å². The summed E-state index contributed by atoms with van der Waals surface area (Å²) in [6.07, 6.45) is 4.37. The van der Waals surface area contributed by atoms with Crippen molar-refractivity contribution >= 4 is 5.91 Å². The molecule has 1 unspecified atom stereocenters. The Morgan fingerprint density at radius 3 is 2.95 bits per heavy atom. The molecule has 1 amide bonds. The van der Waals surface area contributed by atoms with Crippen molar-refractivity contribution < 1.29 is 9.90 Å². The van der Waals surface area contributed by atoms with Crippen LogP contribution in [0.25, 0.3) is 0 Å². The Bertz CT molecular complexity index is 474. The number of hydrogen-bond donors (Lipinski definition) is 2. The fourth-order valence-corrected chi connectivity index (χ4v) is 2.92. The van der Waals surface area contributed by atoms with E-state index in [0.717, 1.165) is 37.9 Å². The Labute approximate surface area is 120 Å². The summed E-state index contributed by atoms with van der Waals surface area (Å²) in [5.74, 6) is 0.313. The number of nitrogens with one attached hydrogen (secondary N) is 1. The largest absolute Gasteiger partial charge is 0.508 e. The predicted octanol–water partition coefficient (Wildman–Crippen LogP) is 2.30. The average Bonchev–Trinajstić information content (AvgIpc) is 2.45. The Morgan fingerprint density at radius 1 is 1.45 bits per heavy atom. The van der Waals surface area contributed by atoms with Gasteiger partial charge in [-0.25, -0.2) is 0 Å². The molecule has 1 fully saturated rings. The molecular formula is C16H24N2O2. The highest BCUT2D eigenvalue weighted by Crippen LogP contribution is 2.24. The van der Waals surface area contributed by atoms with Gasteiger partial charge < -0.3 is 15.3 Å². The first-order valence-corrected chi connectivity index (χ1v) is 7.38. The molecule has 1 atom stereocenters. The summed E-state index contributed by atoms with van der Waals surface area (Å²) in [6.45, 7) is 3.65. The molecule has 20 heavy (non-hydrogen) atoms. The summed E-state index contributed by atoms with van der Waals surface area (Å²) in [4.78, 5) is 14.7. The average molecular weight is 276 g/mol. The Morgan fingerprint density at radius 2 is 2.25 bits per heavy atom. The third kappa shape index (κ3) is 3.31. The van der Waals surface area contributed by atoms with Crippen LogP contribution in [0.5, 0.6) is 5.75 Å². The van der Waals surface area contributed by atoms with E-state index in [4.69, 9.17) is 0 Å². The number of carbonyl (C=O) groups is 1. The van der Waals surface area contributed by atoms with Crippen molar-refractivity contribution in [2.24, 2.45) is 0 Å². The van der Waals surface area contributed by atoms with Crippen molar-refractivity contribution in [1.29, 1.82) is 0 Å². The van der Waals surface area contributed by atoms with Crippen LogP contribution in [0.4, 0.5) is 0 Å². The number of amides is 1. The maximum atomic E-state index is 12.7. The zero-order valence-electron chi connectivity index (χ0n) is 12.4. The summed E-state index contributed by atoms with van der Waals surface area (Å²) in [5.41, 5.74) is 1.55. The van der Waals surface area contributed by atoms with Crippen LogP contribution in [0, 0.1) is 6.92 Å². The monoisotopic (exact) mass is 276 g/mol. The molecule has 1 aliphatic heterocycles. The normalized spacial score (nSPS) is 19.1. The number of rotatable bonds is 4. The second kappa shape index (κ2) is 6.75. The van der Waals surface area contributed by atoms with Gasteiger partial charge in [0.2, 0.25) is 0 Å². The molecule has 1 aromatic rings. The molecule has 4 nitrogen and oxygen atoms in total. The number of likely N-dealkylation sites (tertiary alicyclic amines) is 1. The minimum absolute atomic E-state index is 0.100. The number of phenolic OH excluding ortho intramolecular Hbond substituents is 1. The third-order valence-corrected chi connectivity index (χ3v) is 4.06. The molecule has 110 valence electrons.